The molecule has 5 nitrogen and oxygen atoms in total. The van der Waals surface area contributed by atoms with Crippen LogP contribution in [-0.2, 0) is 6.54 Å². The van der Waals surface area contributed by atoms with Crippen LogP contribution in [0.5, 0.6) is 0 Å². The summed E-state index contributed by atoms with van der Waals surface area (Å²) in [6.07, 6.45) is 0. The molecule has 1 aromatic heterocycles. The van der Waals surface area contributed by atoms with Crippen LogP contribution in [-0.4, -0.2) is 15.8 Å². The Labute approximate surface area is 172 Å². The van der Waals surface area contributed by atoms with Gasteiger partial charge in [-0.15, -0.1) is 0 Å². The first-order valence-electron chi connectivity index (χ1n) is 8.15. The molecule has 0 unspecified atom stereocenters. The maximum absolute atomic E-state index is 12.3. The molecular formula is C19H17Cl3N4O. The number of urea groups is 1. The minimum atomic E-state index is -0.363. The van der Waals surface area contributed by atoms with E-state index in [4.69, 9.17) is 34.8 Å². The van der Waals surface area contributed by atoms with Crippen LogP contribution in [0.2, 0.25) is 15.1 Å². The third-order valence-corrected chi connectivity index (χ3v) is 4.99. The fourth-order valence-electron chi connectivity index (χ4n) is 2.68. The predicted octanol–water partition coefficient (Wildman–Crippen LogP) is 6.15. The Balaban J connectivity index is 1.75. The third-order valence-electron chi connectivity index (χ3n) is 4.02. The number of aromatic nitrogens is 2. The lowest BCUT2D eigenvalue weighted by Gasteiger charge is -2.09. The Kier molecular flexibility index (Phi) is 5.95. The average Bonchev–Trinajstić information content (AvgIpc) is 2.85. The van der Waals surface area contributed by atoms with Gasteiger partial charge in [0.25, 0.3) is 0 Å². The number of hydrogen-bond donors (Lipinski definition) is 2. The number of halogens is 3. The van der Waals surface area contributed by atoms with E-state index in [0.717, 1.165) is 11.3 Å². The number of amides is 2. The lowest BCUT2D eigenvalue weighted by molar-refractivity contribution is 0.262. The Morgan fingerprint density at radius 3 is 2.52 bits per heavy atom. The second-order valence-corrected chi connectivity index (χ2v) is 7.29. The SMILES string of the molecule is Cc1nn(Cc2ccc(Cl)c(Cl)c2)c(C)c1NC(=O)Nc1cccc(Cl)c1. The van der Waals surface area contributed by atoms with Crippen molar-refractivity contribution in [3.8, 4) is 0 Å². The predicted molar refractivity (Wildman–Crippen MR) is 111 cm³/mol. The van der Waals surface area contributed by atoms with E-state index in [0.29, 0.717) is 38.7 Å². The average molecular weight is 424 g/mol. The first-order chi connectivity index (χ1) is 12.8. The smallest absolute Gasteiger partial charge is 0.308 e. The molecule has 0 spiro atoms. The highest BCUT2D eigenvalue weighted by molar-refractivity contribution is 6.42. The van der Waals surface area contributed by atoms with Gasteiger partial charge in [0.05, 0.1) is 33.7 Å². The van der Waals surface area contributed by atoms with Crippen LogP contribution >= 0.6 is 34.8 Å². The summed E-state index contributed by atoms with van der Waals surface area (Å²) in [7, 11) is 0. The summed E-state index contributed by atoms with van der Waals surface area (Å²) in [5, 5.41) is 11.7. The minimum Gasteiger partial charge on any atom is -0.308 e. The highest BCUT2D eigenvalue weighted by Crippen LogP contribution is 2.25. The van der Waals surface area contributed by atoms with E-state index in [1.165, 1.54) is 0 Å². The second-order valence-electron chi connectivity index (χ2n) is 6.04. The summed E-state index contributed by atoms with van der Waals surface area (Å²) >= 11 is 18.0. The molecule has 3 aromatic rings. The normalized spacial score (nSPS) is 10.7. The Morgan fingerprint density at radius 2 is 1.81 bits per heavy atom. The van der Waals surface area contributed by atoms with Gasteiger partial charge in [-0.25, -0.2) is 4.79 Å². The topological polar surface area (TPSA) is 59.0 Å². The monoisotopic (exact) mass is 422 g/mol. The lowest BCUT2D eigenvalue weighted by Crippen LogP contribution is -2.20. The number of nitrogens with one attached hydrogen (secondary N) is 2. The van der Waals surface area contributed by atoms with E-state index in [1.807, 2.05) is 24.6 Å². The molecule has 8 heteroatoms. The fraction of sp³-hybridized carbons (Fsp3) is 0.158. The van der Waals surface area contributed by atoms with Crippen molar-refractivity contribution in [2.24, 2.45) is 0 Å². The number of anilines is 2. The second kappa shape index (κ2) is 8.21. The molecule has 27 heavy (non-hydrogen) atoms. The first-order valence-corrected chi connectivity index (χ1v) is 9.28. The van der Waals surface area contributed by atoms with Crippen LogP contribution < -0.4 is 10.6 Å². The number of carbonyl (C=O) groups excluding carboxylic acids is 1. The number of aryl methyl sites for hydroxylation is 1. The number of benzene rings is 2. The summed E-state index contributed by atoms with van der Waals surface area (Å²) in [5.41, 5.74) is 3.78. The van der Waals surface area contributed by atoms with Crippen molar-refractivity contribution in [2.75, 3.05) is 10.6 Å². The van der Waals surface area contributed by atoms with Crippen molar-refractivity contribution in [3.63, 3.8) is 0 Å². The van der Waals surface area contributed by atoms with Crippen molar-refractivity contribution >= 4 is 52.2 Å². The van der Waals surface area contributed by atoms with Crippen LogP contribution in [0.15, 0.2) is 42.5 Å². The largest absolute Gasteiger partial charge is 0.323 e. The van der Waals surface area contributed by atoms with Crippen LogP contribution in [0.25, 0.3) is 0 Å². The maximum atomic E-state index is 12.3. The maximum Gasteiger partial charge on any atom is 0.323 e. The number of hydrogen-bond acceptors (Lipinski definition) is 2. The zero-order valence-corrected chi connectivity index (χ0v) is 17.0. The molecule has 2 N–H and O–H groups in total. The zero-order chi connectivity index (χ0) is 19.6. The van der Waals surface area contributed by atoms with Gasteiger partial charge >= 0.3 is 6.03 Å². The van der Waals surface area contributed by atoms with Crippen LogP contribution in [0.1, 0.15) is 17.0 Å². The highest BCUT2D eigenvalue weighted by atomic mass is 35.5. The van der Waals surface area contributed by atoms with E-state index in [1.54, 1.807) is 36.4 Å². The molecule has 0 radical (unpaired) electrons. The molecule has 0 bridgehead atoms. The zero-order valence-electron chi connectivity index (χ0n) is 14.7. The van der Waals surface area contributed by atoms with Gasteiger partial charge < -0.3 is 10.6 Å². The molecule has 2 aromatic carbocycles. The molecule has 0 fully saturated rings. The Bertz CT molecular complexity index is 1000. The van der Waals surface area contributed by atoms with Gasteiger partial charge in [0.15, 0.2) is 0 Å². The van der Waals surface area contributed by atoms with Gasteiger partial charge in [0.2, 0.25) is 0 Å². The van der Waals surface area contributed by atoms with E-state index in [-0.39, 0.29) is 6.03 Å². The van der Waals surface area contributed by atoms with Crippen LogP contribution in [0, 0.1) is 13.8 Å². The quantitative estimate of drug-likeness (QED) is 0.528. The summed E-state index contributed by atoms with van der Waals surface area (Å²) in [5.74, 6) is 0. The molecule has 140 valence electrons. The standard InChI is InChI=1S/C19H17Cl3N4O/c1-11-18(24-19(27)23-15-5-3-4-14(20)9-15)12(2)26(25-11)10-13-6-7-16(21)17(22)8-13/h3-9H,10H2,1-2H3,(H2,23,24,27). The van der Waals surface area contributed by atoms with Gasteiger partial charge in [0, 0.05) is 10.7 Å². The molecule has 3 rings (SSSR count). The van der Waals surface area contributed by atoms with Crippen molar-refractivity contribution in [1.82, 2.24) is 9.78 Å². The molecule has 1 heterocycles. The summed E-state index contributed by atoms with van der Waals surface area (Å²) in [4.78, 5) is 12.3. The van der Waals surface area contributed by atoms with Gasteiger partial charge in [-0.2, -0.15) is 5.10 Å². The van der Waals surface area contributed by atoms with Gasteiger partial charge in [0.1, 0.15) is 0 Å². The van der Waals surface area contributed by atoms with Crippen molar-refractivity contribution in [2.45, 2.75) is 20.4 Å². The highest BCUT2D eigenvalue weighted by Gasteiger charge is 2.15. The molecule has 0 saturated carbocycles. The first kappa shape index (κ1) is 19.5. The molecule has 0 aliphatic rings. The van der Waals surface area contributed by atoms with Crippen LogP contribution in [0.3, 0.4) is 0 Å². The fourth-order valence-corrected chi connectivity index (χ4v) is 3.20. The summed E-state index contributed by atoms with van der Waals surface area (Å²) in [6.45, 7) is 4.25. The molecule has 0 aliphatic heterocycles. The number of rotatable bonds is 4. The summed E-state index contributed by atoms with van der Waals surface area (Å²) < 4.78 is 1.81. The van der Waals surface area contributed by atoms with E-state index in [9.17, 15) is 4.79 Å². The lowest BCUT2D eigenvalue weighted by atomic mass is 10.2. The molecule has 0 atom stereocenters. The van der Waals surface area contributed by atoms with Gasteiger partial charge in [-0.1, -0.05) is 46.9 Å². The minimum absolute atomic E-state index is 0.363. The molecule has 0 saturated heterocycles. The van der Waals surface area contributed by atoms with E-state index < -0.39 is 0 Å². The molecule has 0 aliphatic carbocycles. The Hall–Kier alpha value is -2.21. The molecule has 2 amide bonds. The molecular weight excluding hydrogens is 407 g/mol. The van der Waals surface area contributed by atoms with Crippen molar-refractivity contribution in [3.05, 3.63) is 74.5 Å². The summed E-state index contributed by atoms with van der Waals surface area (Å²) in [6, 6.07) is 12.0. The van der Waals surface area contributed by atoms with E-state index >= 15 is 0 Å². The number of carbonyl (C=O) groups is 1. The number of nitrogens with zero attached hydrogens (tertiary/aromatic N) is 2. The van der Waals surface area contributed by atoms with Crippen molar-refractivity contribution < 1.29 is 4.79 Å². The van der Waals surface area contributed by atoms with Crippen LogP contribution in [0.4, 0.5) is 16.2 Å². The third kappa shape index (κ3) is 4.75. The Morgan fingerprint density at radius 1 is 1.04 bits per heavy atom. The van der Waals surface area contributed by atoms with Crippen molar-refractivity contribution in [1.29, 1.82) is 0 Å². The van der Waals surface area contributed by atoms with E-state index in [2.05, 4.69) is 15.7 Å². The van der Waals surface area contributed by atoms with Gasteiger partial charge in [-0.05, 0) is 49.7 Å². The van der Waals surface area contributed by atoms with Gasteiger partial charge in [-0.3, -0.25) is 4.68 Å².